The number of para-hydroxylation sites is 1. The topological polar surface area (TPSA) is 39.3 Å². The van der Waals surface area contributed by atoms with Crippen molar-refractivity contribution in [1.29, 1.82) is 0 Å². The molecule has 0 saturated carbocycles. The van der Waals surface area contributed by atoms with Gasteiger partial charge in [0.1, 0.15) is 0 Å². The average molecular weight is 242 g/mol. The van der Waals surface area contributed by atoms with Gasteiger partial charge in [0.2, 0.25) is 0 Å². The Kier molecular flexibility index (Phi) is 2.73. The molecule has 2 aromatic rings. The summed E-state index contributed by atoms with van der Waals surface area (Å²) in [5.74, 6) is 0. The first-order chi connectivity index (χ1) is 8.66. The molecule has 2 heterocycles. The summed E-state index contributed by atoms with van der Waals surface area (Å²) in [6.45, 7) is 4.80. The lowest BCUT2D eigenvalue weighted by molar-refractivity contribution is -0.120. The minimum absolute atomic E-state index is 0.0499. The molecular formula is C15H18N2O. The second-order valence-corrected chi connectivity index (χ2v) is 5.16. The smallest absolute Gasteiger partial charge is 0.0935 e. The second-order valence-electron chi connectivity index (χ2n) is 5.16. The van der Waals surface area contributed by atoms with Crippen LogP contribution in [0.15, 0.2) is 35.9 Å². The zero-order valence-electron chi connectivity index (χ0n) is 10.8. The molecule has 94 valence electrons. The molecule has 1 aliphatic heterocycles. The Hall–Kier alpha value is -1.58. The highest BCUT2D eigenvalue weighted by atomic mass is 16.5. The molecule has 3 rings (SSSR count). The van der Waals surface area contributed by atoms with Gasteiger partial charge in [0, 0.05) is 23.1 Å². The lowest BCUT2D eigenvalue weighted by Crippen LogP contribution is -2.31. The molecule has 0 aliphatic carbocycles. The third kappa shape index (κ3) is 1.76. The summed E-state index contributed by atoms with van der Waals surface area (Å²) in [5.41, 5.74) is 4.85. The lowest BCUT2D eigenvalue weighted by atomic mass is 9.98. The molecule has 1 aromatic heterocycles. The standard InChI is InChI=1S/C15H18N2O/c1-10(2)9-14-15-12(7-8-17(14)18)11-5-3-4-6-13(11)16-15/h3-6,9,14,16,18H,7-8H2,1-2H3. The number of hydrogen-bond acceptors (Lipinski definition) is 2. The summed E-state index contributed by atoms with van der Waals surface area (Å²) in [4.78, 5) is 3.46. The van der Waals surface area contributed by atoms with Crippen molar-refractivity contribution >= 4 is 10.9 Å². The van der Waals surface area contributed by atoms with Gasteiger partial charge in [-0.3, -0.25) is 0 Å². The molecule has 3 heteroatoms. The van der Waals surface area contributed by atoms with Gasteiger partial charge in [0.05, 0.1) is 6.04 Å². The van der Waals surface area contributed by atoms with Crippen LogP contribution in [0.1, 0.15) is 31.1 Å². The van der Waals surface area contributed by atoms with Crippen LogP contribution in [-0.2, 0) is 6.42 Å². The molecule has 0 fully saturated rings. The predicted octanol–water partition coefficient (Wildman–Crippen LogP) is 3.42. The van der Waals surface area contributed by atoms with Gasteiger partial charge in [-0.15, -0.1) is 0 Å². The number of fused-ring (bicyclic) bond motifs is 3. The molecule has 2 N–H and O–H groups in total. The summed E-state index contributed by atoms with van der Waals surface area (Å²) in [6.07, 6.45) is 3.00. The van der Waals surface area contributed by atoms with E-state index in [-0.39, 0.29) is 6.04 Å². The molecular weight excluding hydrogens is 224 g/mol. The lowest BCUT2D eigenvalue weighted by Gasteiger charge is -2.29. The van der Waals surface area contributed by atoms with E-state index in [1.165, 1.54) is 21.6 Å². The van der Waals surface area contributed by atoms with Gasteiger partial charge in [-0.2, -0.15) is 5.06 Å². The molecule has 0 spiro atoms. The summed E-state index contributed by atoms with van der Waals surface area (Å²) < 4.78 is 0. The van der Waals surface area contributed by atoms with E-state index in [1.54, 1.807) is 0 Å². The van der Waals surface area contributed by atoms with Crippen LogP contribution in [0.2, 0.25) is 0 Å². The van der Waals surface area contributed by atoms with Crippen LogP contribution in [0.5, 0.6) is 0 Å². The van der Waals surface area contributed by atoms with Crippen LogP contribution in [0.4, 0.5) is 0 Å². The fourth-order valence-corrected chi connectivity index (χ4v) is 2.74. The van der Waals surface area contributed by atoms with E-state index < -0.39 is 0 Å². The van der Waals surface area contributed by atoms with Crippen molar-refractivity contribution in [3.8, 4) is 0 Å². The van der Waals surface area contributed by atoms with E-state index in [1.807, 2.05) is 6.07 Å². The quantitative estimate of drug-likeness (QED) is 0.752. The Balaban J connectivity index is 2.19. The third-order valence-electron chi connectivity index (χ3n) is 3.55. The van der Waals surface area contributed by atoms with Gasteiger partial charge in [-0.1, -0.05) is 29.8 Å². The monoisotopic (exact) mass is 242 g/mol. The summed E-state index contributed by atoms with van der Waals surface area (Å²) in [7, 11) is 0. The second kappa shape index (κ2) is 4.26. The van der Waals surface area contributed by atoms with Gasteiger partial charge in [-0.25, -0.2) is 0 Å². The van der Waals surface area contributed by atoms with E-state index in [2.05, 4.69) is 43.1 Å². The number of hydrogen-bond donors (Lipinski definition) is 2. The number of rotatable bonds is 1. The molecule has 1 unspecified atom stereocenters. The Morgan fingerprint density at radius 2 is 2.17 bits per heavy atom. The highest BCUT2D eigenvalue weighted by Crippen LogP contribution is 2.34. The van der Waals surface area contributed by atoms with Crippen molar-refractivity contribution in [2.45, 2.75) is 26.3 Å². The largest absolute Gasteiger partial charge is 0.357 e. The first kappa shape index (κ1) is 11.5. The van der Waals surface area contributed by atoms with Crippen LogP contribution >= 0.6 is 0 Å². The van der Waals surface area contributed by atoms with Crippen LogP contribution in [0, 0.1) is 0 Å². The Morgan fingerprint density at radius 1 is 1.39 bits per heavy atom. The molecule has 1 aliphatic rings. The Bertz CT molecular complexity index is 608. The number of nitrogens with zero attached hydrogens (tertiary/aromatic N) is 1. The normalized spacial score (nSPS) is 19.8. The molecule has 0 saturated heterocycles. The number of hydroxylamine groups is 2. The summed E-state index contributed by atoms with van der Waals surface area (Å²) in [5, 5.41) is 12.8. The van der Waals surface area contributed by atoms with Crippen molar-refractivity contribution in [1.82, 2.24) is 10.0 Å². The minimum atomic E-state index is -0.0499. The van der Waals surface area contributed by atoms with Crippen LogP contribution < -0.4 is 0 Å². The molecule has 1 aromatic carbocycles. The highest BCUT2D eigenvalue weighted by Gasteiger charge is 2.27. The van der Waals surface area contributed by atoms with Crippen molar-refractivity contribution in [3.63, 3.8) is 0 Å². The van der Waals surface area contributed by atoms with Crippen molar-refractivity contribution in [2.75, 3.05) is 6.54 Å². The highest BCUT2D eigenvalue weighted by molar-refractivity contribution is 5.85. The van der Waals surface area contributed by atoms with E-state index in [9.17, 15) is 5.21 Å². The summed E-state index contributed by atoms with van der Waals surface area (Å²) >= 11 is 0. The maximum absolute atomic E-state index is 10.1. The van der Waals surface area contributed by atoms with Crippen molar-refractivity contribution < 1.29 is 5.21 Å². The maximum atomic E-state index is 10.1. The number of allylic oxidation sites excluding steroid dienone is 1. The number of H-pyrrole nitrogens is 1. The SMILES string of the molecule is CC(C)=CC1c2[nH]c3ccccc3c2CCN1O. The zero-order valence-corrected chi connectivity index (χ0v) is 10.8. The van der Waals surface area contributed by atoms with Crippen LogP contribution in [0.3, 0.4) is 0 Å². The minimum Gasteiger partial charge on any atom is -0.357 e. The number of benzene rings is 1. The zero-order chi connectivity index (χ0) is 12.7. The molecule has 3 nitrogen and oxygen atoms in total. The first-order valence-corrected chi connectivity index (χ1v) is 6.37. The predicted molar refractivity (Wildman–Crippen MR) is 72.7 cm³/mol. The number of nitrogens with one attached hydrogen (secondary N) is 1. The van der Waals surface area contributed by atoms with Gasteiger partial charge in [-0.05, 0) is 31.9 Å². The van der Waals surface area contributed by atoms with E-state index in [0.29, 0.717) is 6.54 Å². The number of aromatic nitrogens is 1. The van der Waals surface area contributed by atoms with Crippen LogP contribution in [-0.4, -0.2) is 21.8 Å². The maximum Gasteiger partial charge on any atom is 0.0935 e. The summed E-state index contributed by atoms with van der Waals surface area (Å²) in [6, 6.07) is 8.30. The first-order valence-electron chi connectivity index (χ1n) is 6.37. The van der Waals surface area contributed by atoms with Crippen molar-refractivity contribution in [2.24, 2.45) is 0 Å². The van der Waals surface area contributed by atoms with Crippen molar-refractivity contribution in [3.05, 3.63) is 47.2 Å². The molecule has 18 heavy (non-hydrogen) atoms. The molecule has 1 atom stereocenters. The molecule has 0 radical (unpaired) electrons. The fourth-order valence-electron chi connectivity index (χ4n) is 2.74. The molecule has 0 bridgehead atoms. The van der Waals surface area contributed by atoms with Gasteiger partial charge in [0.25, 0.3) is 0 Å². The van der Waals surface area contributed by atoms with Crippen LogP contribution in [0.25, 0.3) is 10.9 Å². The van der Waals surface area contributed by atoms with Gasteiger partial charge >= 0.3 is 0 Å². The fraction of sp³-hybridized carbons (Fsp3) is 0.333. The Morgan fingerprint density at radius 3 is 2.94 bits per heavy atom. The van der Waals surface area contributed by atoms with E-state index in [0.717, 1.165) is 17.6 Å². The average Bonchev–Trinajstić information content (AvgIpc) is 2.71. The Labute approximate surface area is 107 Å². The molecule has 0 amide bonds. The number of aromatic amines is 1. The third-order valence-corrected chi connectivity index (χ3v) is 3.55. The van der Waals surface area contributed by atoms with Gasteiger partial charge < -0.3 is 10.2 Å². The van der Waals surface area contributed by atoms with Gasteiger partial charge in [0.15, 0.2) is 0 Å². The van der Waals surface area contributed by atoms with E-state index >= 15 is 0 Å². The van der Waals surface area contributed by atoms with E-state index in [4.69, 9.17) is 0 Å².